The molecule has 172 valence electrons. The quantitative estimate of drug-likeness (QED) is 0.322. The van der Waals surface area contributed by atoms with E-state index < -0.39 is 52.4 Å². The average molecular weight is 598 g/mol. The van der Waals surface area contributed by atoms with Crippen LogP contribution in [0.1, 0.15) is 11.1 Å². The standard InChI is InChI=1S/C21H8Br2F6O4/c22-11-1-3-15-9(5-11)7-13-17(30)14-8-10-6-12(23)2-4-16(10)32-19(14,21(27,28)29)33-18(13,31-15)20(24,25)26/h1-8H/t18-,19-/m1/s1. The van der Waals surface area contributed by atoms with Gasteiger partial charge in [0.15, 0.2) is 5.78 Å². The van der Waals surface area contributed by atoms with Crippen molar-refractivity contribution < 1.29 is 45.3 Å². The van der Waals surface area contributed by atoms with E-state index in [4.69, 9.17) is 14.2 Å². The topological polar surface area (TPSA) is 44.8 Å². The highest BCUT2D eigenvalue weighted by Gasteiger charge is 2.79. The Kier molecular flexibility index (Phi) is 4.67. The Morgan fingerprint density at radius 1 is 0.697 bits per heavy atom. The van der Waals surface area contributed by atoms with Crippen LogP contribution in [0, 0.1) is 0 Å². The van der Waals surface area contributed by atoms with Gasteiger partial charge in [0.2, 0.25) is 0 Å². The number of rotatable bonds is 0. The number of carbonyl (C=O) groups is 1. The van der Waals surface area contributed by atoms with E-state index in [1.165, 1.54) is 24.3 Å². The van der Waals surface area contributed by atoms with E-state index >= 15 is 0 Å². The predicted octanol–water partition coefficient (Wildman–Crippen LogP) is 6.58. The lowest BCUT2D eigenvalue weighted by Gasteiger charge is -2.51. The van der Waals surface area contributed by atoms with E-state index in [1.54, 1.807) is 0 Å². The van der Waals surface area contributed by atoms with Crippen LogP contribution in [-0.4, -0.2) is 29.7 Å². The molecule has 0 aromatic heterocycles. The fourth-order valence-electron chi connectivity index (χ4n) is 3.84. The van der Waals surface area contributed by atoms with Crippen molar-refractivity contribution in [3.63, 3.8) is 0 Å². The minimum atomic E-state index is -5.58. The molecule has 0 amide bonds. The van der Waals surface area contributed by atoms with E-state index in [0.717, 1.165) is 24.3 Å². The minimum absolute atomic E-state index is 0.0520. The molecule has 2 aromatic carbocycles. The molecule has 33 heavy (non-hydrogen) atoms. The molecule has 0 aliphatic carbocycles. The Balaban J connectivity index is 1.82. The van der Waals surface area contributed by atoms with Crippen molar-refractivity contribution in [2.24, 2.45) is 0 Å². The zero-order valence-corrected chi connectivity index (χ0v) is 18.9. The zero-order chi connectivity index (χ0) is 24.0. The molecule has 4 nitrogen and oxygen atoms in total. The first-order valence-corrected chi connectivity index (χ1v) is 10.7. The summed E-state index contributed by atoms with van der Waals surface area (Å²) in [5, 5.41) is 0. The van der Waals surface area contributed by atoms with Crippen LogP contribution in [0.2, 0.25) is 0 Å². The molecule has 12 heteroatoms. The van der Waals surface area contributed by atoms with E-state index in [9.17, 15) is 31.1 Å². The van der Waals surface area contributed by atoms with Crippen molar-refractivity contribution in [2.45, 2.75) is 23.9 Å². The molecule has 2 aromatic rings. The van der Waals surface area contributed by atoms with Gasteiger partial charge in [0, 0.05) is 20.1 Å². The van der Waals surface area contributed by atoms with Crippen molar-refractivity contribution in [1.82, 2.24) is 0 Å². The summed E-state index contributed by atoms with van der Waals surface area (Å²) < 4.78 is 102. The summed E-state index contributed by atoms with van der Waals surface area (Å²) in [7, 11) is 0. The summed E-state index contributed by atoms with van der Waals surface area (Å²) in [6, 6.07) is 7.63. The van der Waals surface area contributed by atoms with Crippen LogP contribution in [0.15, 0.2) is 56.5 Å². The highest BCUT2D eigenvalue weighted by atomic mass is 79.9. The SMILES string of the molecule is O=C1C2=Cc3cc(Br)ccc3O[C@@]2(C(F)(F)F)O[C@]2(C(F)(F)F)Oc3ccc(Br)cc3C=C12. The van der Waals surface area contributed by atoms with Crippen LogP contribution in [0.4, 0.5) is 26.3 Å². The van der Waals surface area contributed by atoms with Gasteiger partial charge in [0.25, 0.3) is 0 Å². The molecule has 0 radical (unpaired) electrons. The van der Waals surface area contributed by atoms with Gasteiger partial charge in [0.05, 0.1) is 11.1 Å². The Morgan fingerprint density at radius 2 is 1.09 bits per heavy atom. The monoisotopic (exact) mass is 596 g/mol. The van der Waals surface area contributed by atoms with E-state index in [-0.39, 0.29) is 11.1 Å². The molecular formula is C21H8Br2F6O4. The maximum absolute atomic E-state index is 14.4. The minimum Gasteiger partial charge on any atom is -0.449 e. The molecule has 0 unspecified atom stereocenters. The molecule has 1 saturated heterocycles. The maximum Gasteiger partial charge on any atom is 0.460 e. The first-order valence-electron chi connectivity index (χ1n) is 9.07. The van der Waals surface area contributed by atoms with Gasteiger partial charge < -0.3 is 9.47 Å². The van der Waals surface area contributed by atoms with Crippen LogP contribution in [0.5, 0.6) is 11.5 Å². The number of halogens is 8. The van der Waals surface area contributed by atoms with Crippen LogP contribution in [0.25, 0.3) is 12.2 Å². The smallest absolute Gasteiger partial charge is 0.449 e. The van der Waals surface area contributed by atoms with E-state index in [2.05, 4.69) is 31.9 Å². The molecule has 0 N–H and O–H groups in total. The molecule has 3 aliphatic heterocycles. The average Bonchev–Trinajstić information content (AvgIpc) is 2.70. The van der Waals surface area contributed by atoms with Crippen LogP contribution >= 0.6 is 31.9 Å². The normalized spacial score (nSPS) is 26.0. The van der Waals surface area contributed by atoms with Gasteiger partial charge in [-0.1, -0.05) is 31.9 Å². The van der Waals surface area contributed by atoms with Crippen molar-refractivity contribution in [3.8, 4) is 11.5 Å². The Morgan fingerprint density at radius 3 is 1.45 bits per heavy atom. The first-order chi connectivity index (χ1) is 15.3. The summed E-state index contributed by atoms with van der Waals surface area (Å²) in [6.07, 6.45) is -9.52. The molecule has 5 rings (SSSR count). The Bertz CT molecular complexity index is 1190. The fourth-order valence-corrected chi connectivity index (χ4v) is 4.59. The van der Waals surface area contributed by atoms with Crippen molar-refractivity contribution in [3.05, 3.63) is 67.6 Å². The largest absolute Gasteiger partial charge is 0.460 e. The lowest BCUT2D eigenvalue weighted by atomic mass is 9.82. The molecule has 1 fully saturated rings. The van der Waals surface area contributed by atoms with Gasteiger partial charge in [-0.2, -0.15) is 26.3 Å². The second kappa shape index (κ2) is 6.86. The number of ketones is 1. The van der Waals surface area contributed by atoms with E-state index in [0.29, 0.717) is 8.95 Å². The number of alkyl halides is 6. The van der Waals surface area contributed by atoms with Crippen molar-refractivity contribution >= 4 is 49.8 Å². The van der Waals surface area contributed by atoms with Crippen molar-refractivity contribution in [2.75, 3.05) is 0 Å². The predicted molar refractivity (Wildman–Crippen MR) is 109 cm³/mol. The number of hydrogen-bond donors (Lipinski definition) is 0. The highest BCUT2D eigenvalue weighted by Crippen LogP contribution is 2.58. The van der Waals surface area contributed by atoms with Gasteiger partial charge in [-0.25, -0.2) is 0 Å². The van der Waals surface area contributed by atoms with Crippen LogP contribution in [0.3, 0.4) is 0 Å². The number of fused-ring (bicyclic) bond motifs is 4. The first kappa shape index (κ1) is 22.5. The summed E-state index contributed by atoms with van der Waals surface area (Å²) in [6.45, 7) is 0. The molecule has 2 atom stereocenters. The van der Waals surface area contributed by atoms with Gasteiger partial charge in [-0.15, -0.1) is 0 Å². The number of carbonyl (C=O) groups excluding carboxylic acids is 1. The van der Waals surface area contributed by atoms with Crippen LogP contribution < -0.4 is 9.47 Å². The fraction of sp³-hybridized carbons (Fsp3) is 0.190. The number of benzene rings is 2. The molecule has 3 heterocycles. The van der Waals surface area contributed by atoms with Gasteiger partial charge in [0.1, 0.15) is 11.5 Å². The molecule has 0 spiro atoms. The summed E-state index contributed by atoms with van der Waals surface area (Å²) in [4.78, 5) is 13.3. The summed E-state index contributed by atoms with van der Waals surface area (Å²) >= 11 is 6.31. The van der Waals surface area contributed by atoms with Crippen LogP contribution in [-0.2, 0) is 9.53 Å². The second-order valence-electron chi connectivity index (χ2n) is 7.34. The third-order valence-corrected chi connectivity index (χ3v) is 6.27. The molecular weight excluding hydrogens is 590 g/mol. The summed E-state index contributed by atoms with van der Waals surface area (Å²) in [5.74, 6) is -10.5. The Labute approximate surface area is 198 Å². The van der Waals surface area contributed by atoms with Gasteiger partial charge in [-0.3, -0.25) is 9.53 Å². The summed E-state index contributed by atoms with van der Waals surface area (Å²) in [5.41, 5.74) is -2.19. The lowest BCUT2D eigenvalue weighted by Crippen LogP contribution is -2.71. The van der Waals surface area contributed by atoms with Crippen molar-refractivity contribution in [1.29, 1.82) is 0 Å². The van der Waals surface area contributed by atoms with Gasteiger partial charge >= 0.3 is 23.9 Å². The highest BCUT2D eigenvalue weighted by molar-refractivity contribution is 9.10. The molecule has 3 aliphatic rings. The zero-order valence-electron chi connectivity index (χ0n) is 15.8. The third kappa shape index (κ3) is 3.10. The number of ether oxygens (including phenoxy) is 3. The number of hydrogen-bond acceptors (Lipinski definition) is 4. The Hall–Kier alpha value is -2.31. The molecule has 0 bridgehead atoms. The van der Waals surface area contributed by atoms with E-state index in [1.807, 2.05) is 0 Å². The second-order valence-corrected chi connectivity index (χ2v) is 9.18. The van der Waals surface area contributed by atoms with Gasteiger partial charge in [-0.05, 0) is 48.6 Å². The molecule has 0 saturated carbocycles. The maximum atomic E-state index is 14.4. The third-order valence-electron chi connectivity index (χ3n) is 5.28. The lowest BCUT2D eigenvalue weighted by molar-refractivity contribution is -0.435. The number of Topliss-reactive ketones (excluding diaryl/α,β-unsaturated/α-hetero) is 1.